The van der Waals surface area contributed by atoms with Gasteiger partial charge in [0.05, 0.1) is 11.8 Å². The molecule has 4 nitrogen and oxygen atoms in total. The largest absolute Gasteiger partial charge is 0.385 e. The molecule has 1 aliphatic heterocycles. The minimum atomic E-state index is -0.670. The fourth-order valence-electron chi connectivity index (χ4n) is 5.77. The fraction of sp³-hybridized carbons (Fsp3) is 0.609. The molecule has 3 fully saturated rings. The van der Waals surface area contributed by atoms with Crippen molar-refractivity contribution in [2.45, 2.75) is 69.1 Å². The van der Waals surface area contributed by atoms with Crippen molar-refractivity contribution in [3.8, 4) is 0 Å². The van der Waals surface area contributed by atoms with Crippen molar-refractivity contribution >= 4 is 0 Å². The van der Waals surface area contributed by atoms with Crippen LogP contribution in [0.15, 0.2) is 36.5 Å². The van der Waals surface area contributed by atoms with Gasteiger partial charge in [0, 0.05) is 49.3 Å². The van der Waals surface area contributed by atoms with Gasteiger partial charge in [-0.05, 0) is 37.7 Å². The van der Waals surface area contributed by atoms with Gasteiger partial charge >= 0.3 is 0 Å². The monoisotopic (exact) mass is 365 g/mol. The SMILES string of the molecule is Cn1ncc(CN2CC[C@@](O)(c3ccccc3)[C@H]3CCCC[C@@H]32)c1C1CC1. The van der Waals surface area contributed by atoms with E-state index in [0.717, 1.165) is 37.4 Å². The van der Waals surface area contributed by atoms with Crippen molar-refractivity contribution in [2.75, 3.05) is 6.54 Å². The van der Waals surface area contributed by atoms with Gasteiger partial charge in [0.2, 0.25) is 0 Å². The van der Waals surface area contributed by atoms with E-state index in [1.807, 2.05) is 6.07 Å². The van der Waals surface area contributed by atoms with E-state index < -0.39 is 5.60 Å². The number of benzene rings is 1. The molecule has 5 rings (SSSR count). The molecule has 1 saturated heterocycles. The van der Waals surface area contributed by atoms with Crippen LogP contribution in [0.3, 0.4) is 0 Å². The van der Waals surface area contributed by atoms with Crippen LogP contribution < -0.4 is 0 Å². The van der Waals surface area contributed by atoms with Crippen LogP contribution in [0, 0.1) is 5.92 Å². The smallest absolute Gasteiger partial charge is 0.0951 e. The summed E-state index contributed by atoms with van der Waals surface area (Å²) in [6.45, 7) is 1.96. The molecule has 27 heavy (non-hydrogen) atoms. The lowest BCUT2D eigenvalue weighted by atomic mass is 9.66. The molecule has 0 amide bonds. The molecule has 1 aromatic heterocycles. The summed E-state index contributed by atoms with van der Waals surface area (Å²) in [5.41, 5.74) is 3.30. The van der Waals surface area contributed by atoms with Gasteiger partial charge in [-0.2, -0.15) is 5.10 Å². The Labute approximate surface area is 162 Å². The topological polar surface area (TPSA) is 41.3 Å². The molecule has 2 aliphatic carbocycles. The normalized spacial score (nSPS) is 31.6. The summed E-state index contributed by atoms with van der Waals surface area (Å²) in [5.74, 6) is 1.06. The van der Waals surface area contributed by atoms with Crippen molar-refractivity contribution in [1.82, 2.24) is 14.7 Å². The molecule has 0 radical (unpaired) electrons. The predicted molar refractivity (Wildman–Crippen MR) is 106 cm³/mol. The van der Waals surface area contributed by atoms with Gasteiger partial charge in [0.15, 0.2) is 0 Å². The lowest BCUT2D eigenvalue weighted by Gasteiger charge is -2.52. The Morgan fingerprint density at radius 3 is 2.67 bits per heavy atom. The molecule has 2 heterocycles. The van der Waals surface area contributed by atoms with Crippen LogP contribution in [0.2, 0.25) is 0 Å². The summed E-state index contributed by atoms with van der Waals surface area (Å²) >= 11 is 0. The number of hydrogen-bond donors (Lipinski definition) is 1. The van der Waals surface area contributed by atoms with Crippen molar-refractivity contribution < 1.29 is 5.11 Å². The summed E-state index contributed by atoms with van der Waals surface area (Å²) < 4.78 is 2.09. The zero-order valence-corrected chi connectivity index (χ0v) is 16.3. The molecule has 1 N–H and O–H groups in total. The molecule has 1 aromatic carbocycles. The van der Waals surface area contributed by atoms with Crippen molar-refractivity contribution in [1.29, 1.82) is 0 Å². The predicted octanol–water partition coefficient (Wildman–Crippen LogP) is 3.95. The number of aryl methyl sites for hydroxylation is 1. The average molecular weight is 366 g/mol. The first-order chi connectivity index (χ1) is 13.2. The standard InChI is InChI=1S/C23H31N3O/c1-25-22(17-11-12-17)18(15-24-25)16-26-14-13-23(27,19-7-3-2-4-8-19)20-9-5-6-10-21(20)26/h2-4,7-8,15,17,20-21,27H,5-6,9-14,16H2,1H3/t20-,21-,23+/m0/s1. The summed E-state index contributed by atoms with van der Waals surface area (Å²) in [7, 11) is 2.09. The Morgan fingerprint density at radius 1 is 1.11 bits per heavy atom. The summed E-state index contributed by atoms with van der Waals surface area (Å²) in [5, 5.41) is 16.3. The molecule has 0 spiro atoms. The minimum Gasteiger partial charge on any atom is -0.385 e. The average Bonchev–Trinajstić information content (AvgIpc) is 3.48. The number of aromatic nitrogens is 2. The second-order valence-corrected chi connectivity index (χ2v) is 8.92. The van der Waals surface area contributed by atoms with Crippen molar-refractivity contribution in [2.24, 2.45) is 13.0 Å². The zero-order valence-electron chi connectivity index (χ0n) is 16.3. The Hall–Kier alpha value is -1.65. The van der Waals surface area contributed by atoms with Gasteiger partial charge in [-0.15, -0.1) is 0 Å². The third kappa shape index (κ3) is 3.03. The maximum absolute atomic E-state index is 11.7. The Balaban J connectivity index is 1.42. The van der Waals surface area contributed by atoms with Crippen LogP contribution in [-0.2, 0) is 19.2 Å². The maximum Gasteiger partial charge on any atom is 0.0951 e. The lowest BCUT2D eigenvalue weighted by molar-refractivity contribution is -0.123. The van der Waals surface area contributed by atoms with Gasteiger partial charge in [-0.3, -0.25) is 9.58 Å². The van der Waals surface area contributed by atoms with Gasteiger partial charge < -0.3 is 5.11 Å². The van der Waals surface area contributed by atoms with Gasteiger partial charge in [-0.1, -0.05) is 43.2 Å². The van der Waals surface area contributed by atoms with Crippen LogP contribution in [0.1, 0.15) is 67.7 Å². The summed E-state index contributed by atoms with van der Waals surface area (Å²) in [6, 6.07) is 10.9. The van der Waals surface area contributed by atoms with E-state index in [1.54, 1.807) is 0 Å². The molecule has 2 aromatic rings. The molecule has 3 atom stereocenters. The van der Waals surface area contributed by atoms with E-state index in [1.165, 1.54) is 43.4 Å². The molecule has 144 valence electrons. The quantitative estimate of drug-likeness (QED) is 0.892. The fourth-order valence-corrected chi connectivity index (χ4v) is 5.77. The number of nitrogens with zero attached hydrogens (tertiary/aromatic N) is 3. The number of fused-ring (bicyclic) bond motifs is 1. The maximum atomic E-state index is 11.7. The van der Waals surface area contributed by atoms with E-state index in [2.05, 4.69) is 52.2 Å². The molecule has 2 saturated carbocycles. The molecular formula is C23H31N3O. The lowest BCUT2D eigenvalue weighted by Crippen LogP contribution is -2.57. The first kappa shape index (κ1) is 17.4. The van der Waals surface area contributed by atoms with Crippen LogP contribution in [-0.4, -0.2) is 32.4 Å². The highest BCUT2D eigenvalue weighted by molar-refractivity contribution is 5.28. The number of piperidine rings is 1. The highest BCUT2D eigenvalue weighted by Crippen LogP contribution is 2.48. The first-order valence-electron chi connectivity index (χ1n) is 10.7. The van der Waals surface area contributed by atoms with E-state index in [9.17, 15) is 5.11 Å². The number of aliphatic hydroxyl groups is 1. The third-order valence-corrected chi connectivity index (χ3v) is 7.27. The first-order valence-corrected chi connectivity index (χ1v) is 10.7. The van der Waals surface area contributed by atoms with Gasteiger partial charge in [-0.25, -0.2) is 0 Å². The summed E-state index contributed by atoms with van der Waals surface area (Å²) in [6.07, 6.45) is 10.4. The second kappa shape index (κ2) is 6.75. The second-order valence-electron chi connectivity index (χ2n) is 8.92. The van der Waals surface area contributed by atoms with Crippen molar-refractivity contribution in [3.63, 3.8) is 0 Å². The summed E-state index contributed by atoms with van der Waals surface area (Å²) in [4.78, 5) is 2.66. The number of hydrogen-bond acceptors (Lipinski definition) is 3. The van der Waals surface area contributed by atoms with E-state index in [0.29, 0.717) is 12.0 Å². The van der Waals surface area contributed by atoms with Crippen LogP contribution in [0.4, 0.5) is 0 Å². The van der Waals surface area contributed by atoms with E-state index in [-0.39, 0.29) is 0 Å². The van der Waals surface area contributed by atoms with E-state index in [4.69, 9.17) is 0 Å². The van der Waals surface area contributed by atoms with Gasteiger partial charge in [0.25, 0.3) is 0 Å². The molecule has 3 aliphatic rings. The number of likely N-dealkylation sites (tertiary alicyclic amines) is 1. The third-order valence-electron chi connectivity index (χ3n) is 7.27. The van der Waals surface area contributed by atoms with Crippen molar-refractivity contribution in [3.05, 3.63) is 53.3 Å². The highest BCUT2D eigenvalue weighted by atomic mass is 16.3. The van der Waals surface area contributed by atoms with Crippen LogP contribution >= 0.6 is 0 Å². The Bertz CT molecular complexity index is 797. The zero-order chi connectivity index (χ0) is 18.4. The minimum absolute atomic E-state index is 0.337. The molecule has 0 bridgehead atoms. The van der Waals surface area contributed by atoms with E-state index >= 15 is 0 Å². The number of rotatable bonds is 4. The Kier molecular flexibility index (Phi) is 4.36. The molecule has 0 unspecified atom stereocenters. The molecule has 4 heteroatoms. The Morgan fingerprint density at radius 2 is 1.89 bits per heavy atom. The van der Waals surface area contributed by atoms with Crippen LogP contribution in [0.25, 0.3) is 0 Å². The highest BCUT2D eigenvalue weighted by Gasteiger charge is 2.49. The van der Waals surface area contributed by atoms with Crippen LogP contribution in [0.5, 0.6) is 0 Å². The molecular weight excluding hydrogens is 334 g/mol. The van der Waals surface area contributed by atoms with Gasteiger partial charge in [0.1, 0.15) is 0 Å².